The van der Waals surface area contributed by atoms with Gasteiger partial charge in [0.2, 0.25) is 0 Å². The molecule has 0 aliphatic heterocycles. The van der Waals surface area contributed by atoms with E-state index in [1.807, 2.05) is 6.20 Å². The van der Waals surface area contributed by atoms with E-state index < -0.39 is 5.97 Å². The second-order valence-corrected chi connectivity index (χ2v) is 3.20. The Hall–Kier alpha value is -2.37. The molecule has 3 N–H and O–H groups in total. The normalized spacial score (nSPS) is 11.2. The third-order valence-corrected chi connectivity index (χ3v) is 2.29. The lowest BCUT2D eigenvalue weighted by Gasteiger charge is -1.87. The fourth-order valence-corrected chi connectivity index (χ4v) is 1.59. The number of carbonyl (C=O) groups is 1. The number of hydrogen-bond donors (Lipinski definition) is 3. The van der Waals surface area contributed by atoms with Crippen molar-refractivity contribution in [1.29, 1.82) is 0 Å². The minimum absolute atomic E-state index is 0.183. The maximum absolute atomic E-state index is 10.9. The van der Waals surface area contributed by atoms with Crippen molar-refractivity contribution in [3.63, 3.8) is 0 Å². The van der Waals surface area contributed by atoms with Crippen LogP contribution in [0.5, 0.6) is 0 Å². The molecule has 3 rings (SSSR count). The van der Waals surface area contributed by atoms with Gasteiger partial charge in [0, 0.05) is 6.20 Å². The zero-order valence-electron chi connectivity index (χ0n) is 7.56. The minimum atomic E-state index is -0.982. The van der Waals surface area contributed by atoms with Crippen molar-refractivity contribution in [2.45, 2.75) is 0 Å². The van der Waals surface area contributed by atoms with Gasteiger partial charge in [-0.15, -0.1) is 0 Å². The maximum atomic E-state index is 10.9. The average Bonchev–Trinajstić information content (AvgIpc) is 2.77. The van der Waals surface area contributed by atoms with Gasteiger partial charge in [-0.05, 0) is 0 Å². The molecule has 6 heteroatoms. The molecule has 0 spiro atoms. The number of aromatic carboxylic acids is 1. The van der Waals surface area contributed by atoms with Crippen molar-refractivity contribution in [2.75, 3.05) is 0 Å². The monoisotopic (exact) mass is 203 g/mol. The molecule has 0 amide bonds. The van der Waals surface area contributed by atoms with E-state index >= 15 is 0 Å². The molecule has 0 unspecified atom stereocenters. The number of rotatable bonds is 1. The van der Waals surface area contributed by atoms with Crippen LogP contribution >= 0.6 is 0 Å². The summed E-state index contributed by atoms with van der Waals surface area (Å²) in [6, 6.07) is 0. The van der Waals surface area contributed by atoms with Crippen LogP contribution in [0.2, 0.25) is 0 Å². The number of hydrogen-bond acceptors (Lipinski definition) is 2. The van der Waals surface area contributed by atoms with Crippen LogP contribution in [0.4, 0.5) is 0 Å². The van der Waals surface area contributed by atoms with Crippen molar-refractivity contribution >= 4 is 22.8 Å². The van der Waals surface area contributed by atoms with Gasteiger partial charge in [-0.25, -0.2) is 14.2 Å². The fourth-order valence-electron chi connectivity index (χ4n) is 1.59. The molecule has 0 aliphatic rings. The first-order valence-electron chi connectivity index (χ1n) is 4.35. The zero-order chi connectivity index (χ0) is 10.4. The van der Waals surface area contributed by atoms with E-state index in [1.165, 1.54) is 6.20 Å². The summed E-state index contributed by atoms with van der Waals surface area (Å²) in [6.07, 6.45) is 6.78. The predicted octanol–water partition coefficient (Wildman–Crippen LogP) is 0.328. The molecular formula is C9H7N4O2+. The summed E-state index contributed by atoms with van der Waals surface area (Å²) in [4.78, 5) is 20.9. The Bertz CT molecular complexity index is 667. The van der Waals surface area contributed by atoms with Crippen LogP contribution in [-0.2, 0) is 0 Å². The Kier molecular flexibility index (Phi) is 1.37. The summed E-state index contributed by atoms with van der Waals surface area (Å²) in [7, 11) is 0. The number of fused-ring (bicyclic) bond motifs is 2. The van der Waals surface area contributed by atoms with Gasteiger partial charge in [-0.1, -0.05) is 4.98 Å². The van der Waals surface area contributed by atoms with Crippen molar-refractivity contribution in [2.24, 2.45) is 0 Å². The van der Waals surface area contributed by atoms with Gasteiger partial charge in [0.05, 0.1) is 12.4 Å². The number of aromatic amines is 2. The number of carboxylic acids is 1. The highest BCUT2D eigenvalue weighted by Gasteiger charge is 2.17. The fraction of sp³-hybridized carbons (Fsp3) is 0. The van der Waals surface area contributed by atoms with E-state index in [9.17, 15) is 4.79 Å². The molecule has 0 saturated heterocycles. The van der Waals surface area contributed by atoms with Gasteiger partial charge >= 0.3 is 11.7 Å². The second kappa shape index (κ2) is 2.57. The molecule has 0 saturated carbocycles. The Balaban J connectivity index is 2.46. The number of imidazole rings is 1. The molecule has 6 nitrogen and oxygen atoms in total. The second-order valence-electron chi connectivity index (χ2n) is 3.20. The molecule has 3 heterocycles. The predicted molar refractivity (Wildman–Crippen MR) is 50.6 cm³/mol. The van der Waals surface area contributed by atoms with Gasteiger partial charge in [0.15, 0.2) is 5.52 Å². The summed E-state index contributed by atoms with van der Waals surface area (Å²) in [5, 5.41) is 8.92. The Morgan fingerprint density at radius 2 is 2.33 bits per heavy atom. The number of carboxylic acid groups (broad SMARTS) is 1. The highest BCUT2D eigenvalue weighted by atomic mass is 16.4. The van der Waals surface area contributed by atoms with E-state index in [0.29, 0.717) is 16.8 Å². The number of nitrogens with one attached hydrogen (secondary N) is 2. The van der Waals surface area contributed by atoms with E-state index in [-0.39, 0.29) is 5.56 Å². The summed E-state index contributed by atoms with van der Waals surface area (Å²) < 4.78 is 1.78. The van der Waals surface area contributed by atoms with Gasteiger partial charge in [0.1, 0.15) is 17.3 Å². The molecule has 0 aliphatic carbocycles. The zero-order valence-corrected chi connectivity index (χ0v) is 7.56. The molecule has 0 fully saturated rings. The van der Waals surface area contributed by atoms with Crippen molar-refractivity contribution in [3.05, 3.63) is 30.4 Å². The molecule has 0 bridgehead atoms. The molecule has 0 radical (unpaired) electrons. The Morgan fingerprint density at radius 1 is 1.47 bits per heavy atom. The molecule has 0 atom stereocenters. The van der Waals surface area contributed by atoms with Crippen molar-refractivity contribution < 1.29 is 14.3 Å². The lowest BCUT2D eigenvalue weighted by atomic mass is 10.3. The quantitative estimate of drug-likeness (QED) is 0.498. The number of aromatic nitrogens is 4. The van der Waals surface area contributed by atoms with Crippen LogP contribution < -0.4 is 4.40 Å². The summed E-state index contributed by atoms with van der Waals surface area (Å²) in [5.74, 6) is -0.366. The Morgan fingerprint density at radius 3 is 3.13 bits per heavy atom. The third-order valence-electron chi connectivity index (χ3n) is 2.29. The van der Waals surface area contributed by atoms with Gasteiger partial charge in [-0.2, -0.15) is 0 Å². The van der Waals surface area contributed by atoms with Gasteiger partial charge < -0.3 is 10.1 Å². The van der Waals surface area contributed by atoms with Gasteiger partial charge in [0.25, 0.3) is 0 Å². The van der Waals surface area contributed by atoms with Crippen LogP contribution in [0.3, 0.4) is 0 Å². The molecule has 3 aromatic heterocycles. The van der Waals surface area contributed by atoms with Crippen LogP contribution in [0.1, 0.15) is 10.4 Å². The molecule has 15 heavy (non-hydrogen) atoms. The largest absolute Gasteiger partial charge is 0.478 e. The first kappa shape index (κ1) is 7.98. The van der Waals surface area contributed by atoms with E-state index in [2.05, 4.69) is 15.0 Å². The third kappa shape index (κ3) is 1.01. The van der Waals surface area contributed by atoms with Crippen molar-refractivity contribution in [3.8, 4) is 0 Å². The highest BCUT2D eigenvalue weighted by molar-refractivity contribution is 6.01. The number of nitrogens with zero attached hydrogens (tertiary/aromatic N) is 2. The van der Waals surface area contributed by atoms with Crippen LogP contribution in [0.15, 0.2) is 24.8 Å². The maximum Gasteiger partial charge on any atom is 0.401 e. The molecule has 3 aromatic rings. The van der Waals surface area contributed by atoms with E-state index in [0.717, 1.165) is 0 Å². The molecule has 74 valence electrons. The van der Waals surface area contributed by atoms with E-state index in [1.54, 1.807) is 16.8 Å². The lowest BCUT2D eigenvalue weighted by molar-refractivity contribution is -0.510. The Labute approximate surface area is 83.2 Å². The SMILES string of the molecule is O=C(O)c1c[nH]c2c[n+]3cc[nH]c3nc12. The average molecular weight is 203 g/mol. The minimum Gasteiger partial charge on any atom is -0.478 e. The van der Waals surface area contributed by atoms with Crippen molar-refractivity contribution in [1.82, 2.24) is 15.0 Å². The summed E-state index contributed by atoms with van der Waals surface area (Å²) >= 11 is 0. The standard InChI is InChI=1S/C9H6N4O2/c14-8(15)5-3-11-6-4-13-2-1-10-9(13)12-7(5)6/h1-4H,(H2,10,11,12,14,15)/p+1. The number of H-pyrrole nitrogens is 2. The van der Waals surface area contributed by atoms with Crippen LogP contribution in [-0.4, -0.2) is 26.0 Å². The smallest absolute Gasteiger partial charge is 0.401 e. The molecule has 0 aromatic carbocycles. The highest BCUT2D eigenvalue weighted by Crippen LogP contribution is 2.14. The van der Waals surface area contributed by atoms with Gasteiger partial charge in [-0.3, -0.25) is 0 Å². The van der Waals surface area contributed by atoms with E-state index in [4.69, 9.17) is 5.11 Å². The van der Waals surface area contributed by atoms with Crippen LogP contribution in [0.25, 0.3) is 16.8 Å². The van der Waals surface area contributed by atoms with Crippen LogP contribution in [0, 0.1) is 0 Å². The first-order valence-corrected chi connectivity index (χ1v) is 4.35. The summed E-state index contributed by atoms with van der Waals surface area (Å²) in [5.41, 5.74) is 1.34. The lowest BCUT2D eigenvalue weighted by Crippen LogP contribution is -2.18. The summed E-state index contributed by atoms with van der Waals surface area (Å²) in [6.45, 7) is 0. The topological polar surface area (TPSA) is 85.9 Å². The first-order chi connectivity index (χ1) is 7.25. The molecular weight excluding hydrogens is 196 g/mol.